The second-order valence-electron chi connectivity index (χ2n) is 3.01. The van der Waals surface area contributed by atoms with Crippen molar-refractivity contribution < 1.29 is 18.3 Å². The van der Waals surface area contributed by atoms with Gasteiger partial charge in [-0.1, -0.05) is 6.07 Å². The Hall–Kier alpha value is -1.10. The number of rotatable bonds is 2. The number of hydrogen-bond acceptors (Lipinski definition) is 2. The van der Waals surface area contributed by atoms with Gasteiger partial charge in [0.25, 0.3) is 0 Å². The van der Waals surface area contributed by atoms with E-state index in [1.54, 1.807) is 13.0 Å². The molecular formula is C9H10F3NO. The van der Waals surface area contributed by atoms with Crippen molar-refractivity contribution in [3.05, 3.63) is 29.6 Å². The molecule has 0 aliphatic rings. The maximum Gasteiger partial charge on any atom is 0.414 e. The van der Waals surface area contributed by atoms with Crippen molar-refractivity contribution in [1.82, 2.24) is 4.98 Å². The third kappa shape index (κ3) is 2.70. The summed E-state index contributed by atoms with van der Waals surface area (Å²) in [6, 6.07) is 3.07. The highest BCUT2D eigenvalue weighted by Crippen LogP contribution is 2.23. The Balaban J connectivity index is 2.75. The third-order valence-electron chi connectivity index (χ3n) is 1.91. The van der Waals surface area contributed by atoms with Crippen molar-refractivity contribution in [2.45, 2.75) is 25.6 Å². The van der Waals surface area contributed by atoms with E-state index in [1.807, 2.05) is 0 Å². The largest absolute Gasteiger partial charge is 0.414 e. The highest BCUT2D eigenvalue weighted by atomic mass is 19.4. The quantitative estimate of drug-likeness (QED) is 0.799. The molecule has 0 aliphatic carbocycles. The molecule has 14 heavy (non-hydrogen) atoms. The Morgan fingerprint density at radius 1 is 1.50 bits per heavy atom. The second-order valence-corrected chi connectivity index (χ2v) is 3.01. The molecule has 78 valence electrons. The van der Waals surface area contributed by atoms with Crippen LogP contribution < -0.4 is 0 Å². The van der Waals surface area contributed by atoms with Crippen molar-refractivity contribution >= 4 is 0 Å². The molecule has 0 fully saturated rings. The summed E-state index contributed by atoms with van der Waals surface area (Å²) < 4.78 is 36.0. The van der Waals surface area contributed by atoms with Gasteiger partial charge in [-0.05, 0) is 18.6 Å². The molecule has 1 atom stereocenters. The van der Waals surface area contributed by atoms with Gasteiger partial charge >= 0.3 is 6.18 Å². The zero-order valence-electron chi connectivity index (χ0n) is 7.54. The number of halogens is 3. The van der Waals surface area contributed by atoms with Crippen LogP contribution in [-0.4, -0.2) is 22.4 Å². The van der Waals surface area contributed by atoms with Crippen LogP contribution in [0.2, 0.25) is 0 Å². The Kier molecular flexibility index (Phi) is 3.10. The van der Waals surface area contributed by atoms with Gasteiger partial charge in [0.05, 0.1) is 0 Å². The molecule has 0 spiro atoms. The monoisotopic (exact) mass is 205 g/mol. The number of alkyl halides is 3. The van der Waals surface area contributed by atoms with Gasteiger partial charge in [0.15, 0.2) is 6.10 Å². The smallest absolute Gasteiger partial charge is 0.383 e. The molecule has 1 rings (SSSR count). The van der Waals surface area contributed by atoms with E-state index in [4.69, 9.17) is 5.11 Å². The van der Waals surface area contributed by atoms with E-state index >= 15 is 0 Å². The van der Waals surface area contributed by atoms with Crippen LogP contribution in [0, 0.1) is 6.92 Å². The Labute approximate surface area is 79.4 Å². The molecule has 0 saturated carbocycles. The molecule has 5 heteroatoms. The van der Waals surface area contributed by atoms with Gasteiger partial charge in [-0.3, -0.25) is 4.98 Å². The van der Waals surface area contributed by atoms with Crippen molar-refractivity contribution in [3.8, 4) is 0 Å². The van der Waals surface area contributed by atoms with E-state index in [-0.39, 0.29) is 0 Å². The Bertz CT molecular complexity index is 311. The molecule has 1 aromatic heterocycles. The molecule has 1 unspecified atom stereocenters. The molecule has 0 amide bonds. The summed E-state index contributed by atoms with van der Waals surface area (Å²) in [5.74, 6) is 0. The van der Waals surface area contributed by atoms with Crippen LogP contribution >= 0.6 is 0 Å². The van der Waals surface area contributed by atoms with Crippen LogP contribution in [-0.2, 0) is 6.42 Å². The van der Waals surface area contributed by atoms with E-state index in [0.717, 1.165) is 0 Å². The van der Waals surface area contributed by atoms with Crippen LogP contribution in [0.25, 0.3) is 0 Å². The van der Waals surface area contributed by atoms with Gasteiger partial charge in [-0.2, -0.15) is 13.2 Å². The molecule has 0 aromatic carbocycles. The van der Waals surface area contributed by atoms with Gasteiger partial charge < -0.3 is 5.11 Å². The van der Waals surface area contributed by atoms with Crippen LogP contribution in [0.5, 0.6) is 0 Å². The lowest BCUT2D eigenvalue weighted by molar-refractivity contribution is -0.203. The van der Waals surface area contributed by atoms with Crippen molar-refractivity contribution in [2.24, 2.45) is 0 Å². The lowest BCUT2D eigenvalue weighted by atomic mass is 10.1. The fourth-order valence-electron chi connectivity index (χ4n) is 1.06. The topological polar surface area (TPSA) is 33.1 Å². The normalized spacial score (nSPS) is 14.1. The standard InChI is InChI=1S/C9H10F3NO/c1-6-7(3-2-4-13-6)5-8(14)9(10,11)12/h2-4,8,14H,5H2,1H3. The first-order valence-electron chi connectivity index (χ1n) is 4.06. The van der Waals surface area contributed by atoms with Crippen molar-refractivity contribution in [2.75, 3.05) is 0 Å². The first kappa shape index (κ1) is 11.0. The molecule has 1 aromatic rings. The van der Waals surface area contributed by atoms with Crippen molar-refractivity contribution in [1.29, 1.82) is 0 Å². The Morgan fingerprint density at radius 3 is 2.64 bits per heavy atom. The fraction of sp³-hybridized carbons (Fsp3) is 0.444. The molecule has 0 saturated heterocycles. The lowest BCUT2D eigenvalue weighted by Crippen LogP contribution is -2.30. The Morgan fingerprint density at radius 2 is 2.14 bits per heavy atom. The summed E-state index contributed by atoms with van der Waals surface area (Å²) in [7, 11) is 0. The molecular weight excluding hydrogens is 195 g/mol. The number of aliphatic hydroxyl groups excluding tert-OH is 1. The maximum atomic E-state index is 12.0. The number of aromatic nitrogens is 1. The molecule has 1 N–H and O–H groups in total. The minimum absolute atomic E-state index is 0.414. The van der Waals surface area contributed by atoms with E-state index < -0.39 is 18.7 Å². The zero-order chi connectivity index (χ0) is 10.8. The number of hydrogen-bond donors (Lipinski definition) is 1. The molecule has 0 radical (unpaired) electrons. The van der Waals surface area contributed by atoms with E-state index in [2.05, 4.69) is 4.98 Å². The van der Waals surface area contributed by atoms with Crippen LogP contribution in [0.3, 0.4) is 0 Å². The number of aryl methyl sites for hydroxylation is 1. The van der Waals surface area contributed by atoms with E-state index in [0.29, 0.717) is 11.3 Å². The van der Waals surface area contributed by atoms with Gasteiger partial charge in [-0.15, -0.1) is 0 Å². The first-order valence-corrected chi connectivity index (χ1v) is 4.06. The lowest BCUT2D eigenvalue weighted by Gasteiger charge is -2.14. The van der Waals surface area contributed by atoms with Crippen LogP contribution in [0.15, 0.2) is 18.3 Å². The third-order valence-corrected chi connectivity index (χ3v) is 1.91. The highest BCUT2D eigenvalue weighted by Gasteiger charge is 2.38. The van der Waals surface area contributed by atoms with Crippen LogP contribution in [0.4, 0.5) is 13.2 Å². The molecule has 0 aliphatic heterocycles. The van der Waals surface area contributed by atoms with E-state index in [9.17, 15) is 13.2 Å². The minimum Gasteiger partial charge on any atom is -0.383 e. The molecule has 1 heterocycles. The van der Waals surface area contributed by atoms with E-state index in [1.165, 1.54) is 12.3 Å². The van der Waals surface area contributed by atoms with Crippen molar-refractivity contribution in [3.63, 3.8) is 0 Å². The SMILES string of the molecule is Cc1ncccc1CC(O)C(F)(F)F. The number of nitrogens with zero attached hydrogens (tertiary/aromatic N) is 1. The van der Waals surface area contributed by atoms with Gasteiger partial charge in [0.2, 0.25) is 0 Å². The summed E-state index contributed by atoms with van der Waals surface area (Å²) in [5, 5.41) is 8.81. The summed E-state index contributed by atoms with van der Waals surface area (Å²) in [6.07, 6.45) is -5.82. The van der Waals surface area contributed by atoms with Gasteiger partial charge in [0.1, 0.15) is 0 Å². The predicted molar refractivity (Wildman–Crippen MR) is 44.7 cm³/mol. The van der Waals surface area contributed by atoms with Gasteiger partial charge in [0, 0.05) is 18.3 Å². The average Bonchev–Trinajstić information content (AvgIpc) is 2.07. The maximum absolute atomic E-state index is 12.0. The van der Waals surface area contributed by atoms with Crippen LogP contribution in [0.1, 0.15) is 11.3 Å². The summed E-state index contributed by atoms with van der Waals surface area (Å²) in [6.45, 7) is 1.61. The summed E-state index contributed by atoms with van der Waals surface area (Å²) >= 11 is 0. The first-order chi connectivity index (χ1) is 6.41. The molecule has 2 nitrogen and oxygen atoms in total. The summed E-state index contributed by atoms with van der Waals surface area (Å²) in [5.41, 5.74) is 0.924. The fourth-order valence-corrected chi connectivity index (χ4v) is 1.06. The number of aliphatic hydroxyl groups is 1. The minimum atomic E-state index is -4.57. The highest BCUT2D eigenvalue weighted by molar-refractivity contribution is 5.19. The predicted octanol–water partition coefficient (Wildman–Crippen LogP) is 1.86. The molecule has 0 bridgehead atoms. The zero-order valence-corrected chi connectivity index (χ0v) is 7.54. The average molecular weight is 205 g/mol. The van der Waals surface area contributed by atoms with Gasteiger partial charge in [-0.25, -0.2) is 0 Å². The summed E-state index contributed by atoms with van der Waals surface area (Å²) in [4.78, 5) is 3.84. The number of pyridine rings is 1. The second kappa shape index (κ2) is 3.96.